The van der Waals surface area contributed by atoms with E-state index in [-0.39, 0.29) is 5.91 Å². The number of carbonyl (C=O) groups excluding carboxylic acids is 1. The predicted octanol–water partition coefficient (Wildman–Crippen LogP) is 2.76. The number of thiophene rings is 1. The fourth-order valence-electron chi connectivity index (χ4n) is 2.67. The molecule has 3 aromatic rings. The van der Waals surface area contributed by atoms with Gasteiger partial charge in [-0.2, -0.15) is 5.10 Å². The molecule has 22 heavy (non-hydrogen) atoms. The van der Waals surface area contributed by atoms with E-state index in [9.17, 15) is 4.79 Å². The maximum Gasteiger partial charge on any atom is 0.254 e. The zero-order chi connectivity index (χ0) is 14.9. The number of nitrogens with zero attached hydrogens (tertiary/aromatic N) is 2. The fourth-order valence-corrected chi connectivity index (χ4v) is 3.56. The molecule has 5 nitrogen and oxygen atoms in total. The molecule has 1 N–H and O–H groups in total. The van der Waals surface area contributed by atoms with Crippen LogP contribution in [0.15, 0.2) is 35.7 Å². The summed E-state index contributed by atoms with van der Waals surface area (Å²) < 4.78 is 5.29. The van der Waals surface area contributed by atoms with Gasteiger partial charge in [0.2, 0.25) is 0 Å². The zero-order valence-electron chi connectivity index (χ0n) is 11.9. The highest BCUT2D eigenvalue weighted by Gasteiger charge is 2.20. The van der Waals surface area contributed by atoms with Crippen LogP contribution in [0.25, 0.3) is 21.5 Å². The fraction of sp³-hybridized carbons (Fsp3) is 0.250. The molecule has 6 heteroatoms. The summed E-state index contributed by atoms with van der Waals surface area (Å²) in [6.45, 7) is 2.56. The van der Waals surface area contributed by atoms with E-state index in [4.69, 9.17) is 4.74 Å². The molecule has 0 atom stereocenters. The first-order valence-electron chi connectivity index (χ1n) is 7.22. The van der Waals surface area contributed by atoms with E-state index >= 15 is 0 Å². The van der Waals surface area contributed by atoms with Crippen LogP contribution < -0.4 is 0 Å². The number of morpholine rings is 1. The maximum absolute atomic E-state index is 12.5. The van der Waals surface area contributed by atoms with E-state index in [0.717, 1.165) is 27.0 Å². The lowest BCUT2D eigenvalue weighted by Crippen LogP contribution is -2.40. The lowest BCUT2D eigenvalue weighted by atomic mass is 10.1. The highest BCUT2D eigenvalue weighted by molar-refractivity contribution is 7.14. The van der Waals surface area contributed by atoms with Crippen LogP contribution in [0.1, 0.15) is 10.4 Å². The van der Waals surface area contributed by atoms with E-state index in [0.29, 0.717) is 26.3 Å². The van der Waals surface area contributed by atoms with Crippen LogP contribution in [0.3, 0.4) is 0 Å². The van der Waals surface area contributed by atoms with Crippen LogP contribution in [0, 0.1) is 0 Å². The van der Waals surface area contributed by atoms with Crippen molar-refractivity contribution in [3.05, 3.63) is 41.3 Å². The minimum atomic E-state index is 0.0747. The molecule has 0 aliphatic carbocycles. The van der Waals surface area contributed by atoms with Crippen LogP contribution >= 0.6 is 11.3 Å². The molecule has 4 rings (SSSR count). The summed E-state index contributed by atoms with van der Waals surface area (Å²) in [7, 11) is 0. The second-order valence-electron chi connectivity index (χ2n) is 5.22. The largest absolute Gasteiger partial charge is 0.378 e. The number of para-hydroxylation sites is 1. The number of hydrogen-bond donors (Lipinski definition) is 1. The average Bonchev–Trinajstić information content (AvgIpc) is 3.21. The minimum absolute atomic E-state index is 0.0747. The van der Waals surface area contributed by atoms with Crippen molar-refractivity contribution in [2.45, 2.75) is 0 Å². The van der Waals surface area contributed by atoms with E-state index in [1.165, 1.54) is 0 Å². The molecule has 1 amide bonds. The van der Waals surface area contributed by atoms with Gasteiger partial charge in [0, 0.05) is 23.9 Å². The summed E-state index contributed by atoms with van der Waals surface area (Å²) in [5.41, 5.74) is 2.64. The summed E-state index contributed by atoms with van der Waals surface area (Å²) in [5, 5.41) is 10.4. The lowest BCUT2D eigenvalue weighted by Gasteiger charge is -2.26. The Morgan fingerprint density at radius 3 is 2.95 bits per heavy atom. The van der Waals surface area contributed by atoms with Crippen LogP contribution in [0.4, 0.5) is 0 Å². The Balaban J connectivity index is 1.65. The van der Waals surface area contributed by atoms with Crippen LogP contribution in [0.2, 0.25) is 0 Å². The number of H-pyrrole nitrogens is 1. The number of benzene rings is 1. The normalized spacial score (nSPS) is 15.4. The number of rotatable bonds is 2. The van der Waals surface area contributed by atoms with Crippen LogP contribution in [-0.4, -0.2) is 47.3 Å². The van der Waals surface area contributed by atoms with Crippen molar-refractivity contribution < 1.29 is 9.53 Å². The molecule has 1 fully saturated rings. The third-order valence-electron chi connectivity index (χ3n) is 3.85. The first-order chi connectivity index (χ1) is 10.8. The van der Waals surface area contributed by atoms with E-state index in [1.807, 2.05) is 40.6 Å². The topological polar surface area (TPSA) is 58.2 Å². The van der Waals surface area contributed by atoms with Crippen molar-refractivity contribution in [2.75, 3.05) is 26.3 Å². The van der Waals surface area contributed by atoms with E-state index in [2.05, 4.69) is 10.2 Å². The number of hydrogen-bond acceptors (Lipinski definition) is 4. The highest BCUT2D eigenvalue weighted by atomic mass is 32.1. The number of amides is 1. The van der Waals surface area contributed by atoms with Crippen LogP contribution in [-0.2, 0) is 4.74 Å². The molecule has 2 aromatic heterocycles. The quantitative estimate of drug-likeness (QED) is 0.791. The van der Waals surface area contributed by atoms with Crippen LogP contribution in [0.5, 0.6) is 0 Å². The van der Waals surface area contributed by atoms with Crippen molar-refractivity contribution in [3.8, 4) is 10.6 Å². The van der Waals surface area contributed by atoms with Crippen molar-refractivity contribution in [1.29, 1.82) is 0 Å². The third kappa shape index (κ3) is 2.30. The monoisotopic (exact) mass is 313 g/mol. The molecular weight excluding hydrogens is 298 g/mol. The van der Waals surface area contributed by atoms with Gasteiger partial charge in [-0.1, -0.05) is 18.2 Å². The summed E-state index contributed by atoms with van der Waals surface area (Å²) in [4.78, 5) is 15.3. The van der Waals surface area contributed by atoms with Gasteiger partial charge in [-0.25, -0.2) is 0 Å². The second-order valence-corrected chi connectivity index (χ2v) is 6.13. The molecule has 0 radical (unpaired) electrons. The van der Waals surface area contributed by atoms with Gasteiger partial charge in [-0.15, -0.1) is 11.3 Å². The van der Waals surface area contributed by atoms with Crippen molar-refractivity contribution in [2.24, 2.45) is 0 Å². The molecular formula is C16H15N3O2S. The number of nitrogens with one attached hydrogen (secondary N) is 1. The van der Waals surface area contributed by atoms with Gasteiger partial charge in [0.25, 0.3) is 5.91 Å². The first-order valence-corrected chi connectivity index (χ1v) is 8.10. The summed E-state index contributed by atoms with van der Waals surface area (Å²) >= 11 is 1.55. The molecule has 1 aliphatic heterocycles. The summed E-state index contributed by atoms with van der Waals surface area (Å²) in [5.74, 6) is 0.0747. The Kier molecular flexibility index (Phi) is 3.40. The Labute approximate surface area is 131 Å². The van der Waals surface area contributed by atoms with Gasteiger partial charge in [0.1, 0.15) is 5.69 Å². The number of aromatic nitrogens is 2. The Morgan fingerprint density at radius 2 is 2.09 bits per heavy atom. The van der Waals surface area contributed by atoms with Crippen molar-refractivity contribution in [3.63, 3.8) is 0 Å². The third-order valence-corrected chi connectivity index (χ3v) is 4.79. The number of aromatic amines is 1. The summed E-state index contributed by atoms with van der Waals surface area (Å²) in [6, 6.07) is 9.95. The standard InChI is InChI=1S/C16H15N3O2S/c20-16(19-5-7-21-8-6-19)11-9-14(22-10-11)15-12-3-1-2-4-13(12)17-18-15/h1-4,9-10H,5-8H2,(H,17,18). The lowest BCUT2D eigenvalue weighted by molar-refractivity contribution is 0.0303. The molecule has 1 aromatic carbocycles. The highest BCUT2D eigenvalue weighted by Crippen LogP contribution is 2.31. The molecule has 0 spiro atoms. The molecule has 0 saturated carbocycles. The van der Waals surface area contributed by atoms with Gasteiger partial charge >= 0.3 is 0 Å². The molecule has 112 valence electrons. The second kappa shape index (κ2) is 5.55. The van der Waals surface area contributed by atoms with Gasteiger partial charge in [-0.05, 0) is 12.1 Å². The van der Waals surface area contributed by atoms with Crippen molar-refractivity contribution >= 4 is 28.1 Å². The summed E-state index contributed by atoms with van der Waals surface area (Å²) in [6.07, 6.45) is 0. The average molecular weight is 313 g/mol. The minimum Gasteiger partial charge on any atom is -0.378 e. The van der Waals surface area contributed by atoms with Gasteiger partial charge in [0.05, 0.1) is 29.2 Å². The van der Waals surface area contributed by atoms with Crippen molar-refractivity contribution in [1.82, 2.24) is 15.1 Å². The molecule has 1 saturated heterocycles. The zero-order valence-corrected chi connectivity index (χ0v) is 12.7. The number of fused-ring (bicyclic) bond motifs is 1. The van der Waals surface area contributed by atoms with E-state index in [1.54, 1.807) is 11.3 Å². The van der Waals surface area contributed by atoms with E-state index < -0.39 is 0 Å². The first kappa shape index (κ1) is 13.5. The predicted molar refractivity (Wildman–Crippen MR) is 86.1 cm³/mol. The molecule has 0 unspecified atom stereocenters. The van der Waals surface area contributed by atoms with Gasteiger partial charge in [0.15, 0.2) is 0 Å². The molecule has 3 heterocycles. The Morgan fingerprint density at radius 1 is 1.27 bits per heavy atom. The smallest absolute Gasteiger partial charge is 0.254 e. The molecule has 1 aliphatic rings. The number of carbonyl (C=O) groups is 1. The van der Waals surface area contributed by atoms with Gasteiger partial charge in [-0.3, -0.25) is 9.89 Å². The Bertz CT molecular complexity index is 818. The Hall–Kier alpha value is -2.18. The molecule has 0 bridgehead atoms. The van der Waals surface area contributed by atoms with Gasteiger partial charge < -0.3 is 9.64 Å². The SMILES string of the molecule is O=C(c1csc(-c2n[nH]c3ccccc23)c1)N1CCOCC1. The number of ether oxygens (including phenoxy) is 1. The maximum atomic E-state index is 12.5.